The molecule has 2 aliphatic heterocycles. The highest BCUT2D eigenvalue weighted by Crippen LogP contribution is 2.30. The van der Waals surface area contributed by atoms with Crippen molar-refractivity contribution in [2.24, 2.45) is 11.1 Å². The van der Waals surface area contributed by atoms with Crippen LogP contribution in [0.3, 0.4) is 0 Å². The van der Waals surface area contributed by atoms with Gasteiger partial charge < -0.3 is 20.3 Å². The van der Waals surface area contributed by atoms with Gasteiger partial charge in [-0.3, -0.25) is 9.59 Å². The molecule has 3 atom stereocenters. The number of hydrogen-bond donors (Lipinski definition) is 1. The van der Waals surface area contributed by atoms with Gasteiger partial charge in [-0.25, -0.2) is 4.79 Å². The van der Waals surface area contributed by atoms with Crippen molar-refractivity contribution in [1.29, 1.82) is 5.26 Å². The van der Waals surface area contributed by atoms with Crippen LogP contribution in [0.15, 0.2) is 0 Å². The highest BCUT2D eigenvalue weighted by Gasteiger charge is 2.43. The van der Waals surface area contributed by atoms with Crippen LogP contribution in [0.5, 0.6) is 0 Å². The molecule has 0 spiro atoms. The second kappa shape index (κ2) is 9.20. The third-order valence-corrected chi connectivity index (χ3v) is 5.74. The summed E-state index contributed by atoms with van der Waals surface area (Å²) in [6, 6.07) is -0.107. The fourth-order valence-electron chi connectivity index (χ4n) is 3.87. The fourth-order valence-corrected chi connectivity index (χ4v) is 3.87. The number of nitriles is 1. The number of ether oxygens (including phenoxy) is 1. The van der Waals surface area contributed by atoms with Crippen LogP contribution in [0.25, 0.3) is 0 Å². The van der Waals surface area contributed by atoms with Gasteiger partial charge in [-0.05, 0) is 31.1 Å². The van der Waals surface area contributed by atoms with Crippen LogP contribution in [0.2, 0.25) is 0 Å². The molecule has 0 saturated carbocycles. The van der Waals surface area contributed by atoms with Crippen LogP contribution in [0.4, 0.5) is 13.2 Å². The lowest BCUT2D eigenvalue weighted by Crippen LogP contribution is -2.54. The number of nitrogens with two attached hydrogens (primary N) is 1. The van der Waals surface area contributed by atoms with Gasteiger partial charge in [0.15, 0.2) is 0 Å². The average molecular weight is 432 g/mol. The maximum Gasteiger partial charge on any atom is 0.490 e. The number of amides is 2. The van der Waals surface area contributed by atoms with Crippen molar-refractivity contribution in [3.05, 3.63) is 0 Å². The van der Waals surface area contributed by atoms with Gasteiger partial charge in [0, 0.05) is 19.5 Å². The summed E-state index contributed by atoms with van der Waals surface area (Å²) in [7, 11) is 0. The van der Waals surface area contributed by atoms with E-state index in [9.17, 15) is 32.8 Å². The molecule has 0 aromatic rings. The van der Waals surface area contributed by atoms with Gasteiger partial charge in [0.2, 0.25) is 11.8 Å². The second-order valence-corrected chi connectivity index (χ2v) is 8.44. The van der Waals surface area contributed by atoms with Crippen LogP contribution < -0.4 is 5.73 Å². The molecule has 0 radical (unpaired) electrons. The van der Waals surface area contributed by atoms with E-state index in [0.29, 0.717) is 38.8 Å². The lowest BCUT2D eigenvalue weighted by Gasteiger charge is -2.35. The molecular formula is C19H27F3N4O4. The molecule has 168 valence electrons. The minimum Gasteiger partial charge on any atom is -0.457 e. The van der Waals surface area contributed by atoms with Crippen molar-refractivity contribution in [2.45, 2.75) is 70.3 Å². The Balaban J connectivity index is 1.98. The van der Waals surface area contributed by atoms with E-state index in [2.05, 4.69) is 10.8 Å². The van der Waals surface area contributed by atoms with Gasteiger partial charge in [-0.2, -0.15) is 18.4 Å². The summed E-state index contributed by atoms with van der Waals surface area (Å²) in [6.07, 6.45) is -2.90. The normalized spacial score (nSPS) is 23.2. The Morgan fingerprint density at radius 2 is 1.77 bits per heavy atom. The number of halogens is 3. The smallest absolute Gasteiger partial charge is 0.457 e. The lowest BCUT2D eigenvalue weighted by molar-refractivity contribution is -0.201. The molecule has 2 unspecified atom stereocenters. The van der Waals surface area contributed by atoms with Crippen molar-refractivity contribution < 1.29 is 32.3 Å². The Labute approximate surface area is 173 Å². The van der Waals surface area contributed by atoms with Crippen LogP contribution in [-0.2, 0) is 19.1 Å². The number of hydrogen-bond acceptors (Lipinski definition) is 6. The molecule has 0 bridgehead atoms. The number of carbonyl (C=O) groups is 3. The van der Waals surface area contributed by atoms with E-state index in [1.165, 1.54) is 9.80 Å². The number of esters is 1. The van der Waals surface area contributed by atoms with Gasteiger partial charge in [0.25, 0.3) is 0 Å². The van der Waals surface area contributed by atoms with Crippen molar-refractivity contribution in [1.82, 2.24) is 9.80 Å². The molecule has 30 heavy (non-hydrogen) atoms. The summed E-state index contributed by atoms with van der Waals surface area (Å²) in [6.45, 7) is 3.56. The van der Waals surface area contributed by atoms with Crippen molar-refractivity contribution in [3.8, 4) is 6.07 Å². The standard InChI is InChI=1S/C19H27F3N4O4/c1-18(2,15(24)16(28)26-8-3-5-12(26)10-23)9-14(27)25-7-4-6-13(25)11-30-17(29)19(20,21)22/h12-13,15H,3-9,11,24H2,1-2H3/t12?,13-,15?/m0/s1. The van der Waals surface area contributed by atoms with Crippen LogP contribution >= 0.6 is 0 Å². The fraction of sp³-hybridized carbons (Fsp3) is 0.789. The first-order valence-electron chi connectivity index (χ1n) is 9.87. The van der Waals surface area contributed by atoms with Crippen molar-refractivity contribution in [2.75, 3.05) is 19.7 Å². The molecule has 11 heteroatoms. The zero-order valence-corrected chi connectivity index (χ0v) is 17.1. The molecular weight excluding hydrogens is 405 g/mol. The highest BCUT2D eigenvalue weighted by molar-refractivity contribution is 5.85. The number of alkyl halides is 3. The molecule has 2 N–H and O–H groups in total. The van der Waals surface area contributed by atoms with Crippen molar-refractivity contribution >= 4 is 17.8 Å². The first-order chi connectivity index (χ1) is 13.9. The van der Waals surface area contributed by atoms with Crippen molar-refractivity contribution in [3.63, 3.8) is 0 Å². The predicted molar refractivity (Wildman–Crippen MR) is 98.5 cm³/mol. The number of nitrogens with zero attached hydrogens (tertiary/aromatic N) is 3. The molecule has 2 fully saturated rings. The van der Waals surface area contributed by atoms with E-state index >= 15 is 0 Å². The zero-order chi connectivity index (χ0) is 22.7. The molecule has 2 aliphatic rings. The summed E-state index contributed by atoms with van der Waals surface area (Å²) in [5.41, 5.74) is 5.22. The van der Waals surface area contributed by atoms with E-state index in [4.69, 9.17) is 5.73 Å². The average Bonchev–Trinajstić information content (AvgIpc) is 3.32. The molecule has 2 rings (SSSR count). The number of likely N-dealkylation sites (tertiary alicyclic amines) is 2. The summed E-state index contributed by atoms with van der Waals surface area (Å²) in [4.78, 5) is 39.3. The molecule has 8 nitrogen and oxygen atoms in total. The van der Waals surface area contributed by atoms with E-state index in [1.807, 2.05) is 0 Å². The first kappa shape index (κ1) is 23.9. The second-order valence-electron chi connectivity index (χ2n) is 8.44. The largest absolute Gasteiger partial charge is 0.490 e. The predicted octanol–water partition coefficient (Wildman–Crippen LogP) is 1.34. The maximum absolute atomic E-state index is 12.8. The van der Waals surface area contributed by atoms with Crippen LogP contribution in [0.1, 0.15) is 46.0 Å². The molecule has 0 aromatic heterocycles. The van der Waals surface area contributed by atoms with Gasteiger partial charge in [-0.15, -0.1) is 0 Å². The molecule has 2 heterocycles. The van der Waals surface area contributed by atoms with Crippen LogP contribution in [0, 0.1) is 16.7 Å². The Morgan fingerprint density at radius 3 is 2.37 bits per heavy atom. The minimum absolute atomic E-state index is 0.102. The van der Waals surface area contributed by atoms with Gasteiger partial charge >= 0.3 is 12.1 Å². The third kappa shape index (κ3) is 5.41. The van der Waals surface area contributed by atoms with Gasteiger partial charge in [0.1, 0.15) is 12.6 Å². The lowest BCUT2D eigenvalue weighted by atomic mass is 9.80. The van der Waals surface area contributed by atoms with Gasteiger partial charge in [0.05, 0.1) is 18.2 Å². The van der Waals surface area contributed by atoms with E-state index in [1.54, 1.807) is 13.8 Å². The summed E-state index contributed by atoms with van der Waals surface area (Å²) in [5, 5.41) is 9.18. The molecule has 0 aromatic carbocycles. The highest BCUT2D eigenvalue weighted by atomic mass is 19.4. The number of rotatable bonds is 6. The van der Waals surface area contributed by atoms with E-state index in [0.717, 1.165) is 0 Å². The SMILES string of the molecule is CC(C)(CC(=O)N1CCC[C@H]1COC(=O)C(F)(F)F)C(N)C(=O)N1CCCC1C#N. The quantitative estimate of drug-likeness (QED) is 0.633. The Morgan fingerprint density at radius 1 is 1.17 bits per heavy atom. The maximum atomic E-state index is 12.8. The summed E-state index contributed by atoms with van der Waals surface area (Å²) in [5.74, 6) is -3.05. The first-order valence-corrected chi connectivity index (χ1v) is 9.87. The summed E-state index contributed by atoms with van der Waals surface area (Å²) >= 11 is 0. The Kier molecular flexibility index (Phi) is 7.34. The Bertz CT molecular complexity index is 720. The summed E-state index contributed by atoms with van der Waals surface area (Å²) < 4.78 is 41.3. The minimum atomic E-state index is -5.08. The zero-order valence-electron chi connectivity index (χ0n) is 17.1. The van der Waals surface area contributed by atoms with E-state index < -0.39 is 48.2 Å². The number of carbonyl (C=O) groups excluding carboxylic acids is 3. The third-order valence-electron chi connectivity index (χ3n) is 5.74. The molecule has 2 amide bonds. The molecule has 2 saturated heterocycles. The molecule has 0 aliphatic carbocycles. The van der Waals surface area contributed by atoms with Crippen LogP contribution in [-0.4, -0.2) is 71.6 Å². The van der Waals surface area contributed by atoms with Gasteiger partial charge in [-0.1, -0.05) is 13.8 Å². The Hall–Kier alpha value is -2.35. The monoisotopic (exact) mass is 432 g/mol. The van der Waals surface area contributed by atoms with E-state index in [-0.39, 0.29) is 12.3 Å². The topological polar surface area (TPSA) is 117 Å².